The summed E-state index contributed by atoms with van der Waals surface area (Å²) in [7, 11) is 0. The van der Waals surface area contributed by atoms with Gasteiger partial charge in [0.05, 0.1) is 10.5 Å². The van der Waals surface area contributed by atoms with E-state index in [1.807, 2.05) is 18.2 Å². The fourth-order valence-electron chi connectivity index (χ4n) is 2.22. The molecule has 0 aliphatic rings. The number of hydrogen-bond acceptors (Lipinski definition) is 2. The summed E-state index contributed by atoms with van der Waals surface area (Å²) in [6, 6.07) is 5.77. The molecule has 2 aromatic rings. The first-order chi connectivity index (χ1) is 8.16. The Balaban J connectivity index is 2.59. The molecule has 0 atom stereocenters. The molecule has 0 radical (unpaired) electrons. The van der Waals surface area contributed by atoms with Crippen molar-refractivity contribution < 1.29 is 0 Å². The van der Waals surface area contributed by atoms with Gasteiger partial charge in [-0.15, -0.1) is 0 Å². The first-order valence-corrected chi connectivity index (χ1v) is 6.39. The molecule has 0 fully saturated rings. The van der Waals surface area contributed by atoms with Gasteiger partial charge in [-0.1, -0.05) is 31.5 Å². The van der Waals surface area contributed by atoms with E-state index in [1.54, 1.807) is 0 Å². The Kier molecular flexibility index (Phi) is 3.40. The summed E-state index contributed by atoms with van der Waals surface area (Å²) in [5.41, 5.74) is 7.68. The molecule has 0 aliphatic heterocycles. The van der Waals surface area contributed by atoms with Crippen LogP contribution in [0.3, 0.4) is 0 Å². The Bertz CT molecular complexity index is 506. The Hall–Kier alpha value is -1.06. The van der Waals surface area contributed by atoms with E-state index in [-0.39, 0.29) is 5.41 Å². The summed E-state index contributed by atoms with van der Waals surface area (Å²) in [5, 5.41) is 0.683. The molecule has 0 aliphatic carbocycles. The minimum atomic E-state index is -0.0671. The smallest absolute Gasteiger partial charge is 0.114 e. The molecule has 17 heavy (non-hydrogen) atoms. The summed E-state index contributed by atoms with van der Waals surface area (Å²) >= 11 is 6.14. The number of para-hydroxylation sites is 1. The van der Waals surface area contributed by atoms with Crippen molar-refractivity contribution in [2.24, 2.45) is 5.73 Å². The van der Waals surface area contributed by atoms with Crippen LogP contribution in [0.4, 0.5) is 0 Å². The number of halogens is 1. The van der Waals surface area contributed by atoms with Crippen LogP contribution in [0.25, 0.3) is 11.0 Å². The molecule has 0 amide bonds. The number of benzene rings is 1. The molecule has 0 saturated carbocycles. The number of aromatic nitrogens is 2. The van der Waals surface area contributed by atoms with Crippen LogP contribution in [-0.2, 0) is 5.41 Å². The maximum absolute atomic E-state index is 6.14. The first-order valence-electron chi connectivity index (χ1n) is 6.01. The van der Waals surface area contributed by atoms with Crippen molar-refractivity contribution in [1.29, 1.82) is 0 Å². The molecule has 0 unspecified atom stereocenters. The lowest BCUT2D eigenvalue weighted by atomic mass is 9.82. The van der Waals surface area contributed by atoms with Crippen molar-refractivity contribution >= 4 is 22.6 Å². The number of fused-ring (bicyclic) bond motifs is 1. The molecule has 2 rings (SSSR count). The van der Waals surface area contributed by atoms with Gasteiger partial charge in [-0.25, -0.2) is 4.98 Å². The lowest BCUT2D eigenvalue weighted by molar-refractivity contribution is 0.387. The number of nitrogens with zero attached hydrogens (tertiary/aromatic N) is 1. The zero-order valence-corrected chi connectivity index (χ0v) is 11.0. The van der Waals surface area contributed by atoms with E-state index in [0.29, 0.717) is 11.6 Å². The zero-order valence-electron chi connectivity index (χ0n) is 10.3. The van der Waals surface area contributed by atoms with Gasteiger partial charge in [0.2, 0.25) is 0 Å². The van der Waals surface area contributed by atoms with Gasteiger partial charge in [-0.05, 0) is 25.0 Å². The molecule has 0 bridgehead atoms. The summed E-state index contributed by atoms with van der Waals surface area (Å²) < 4.78 is 0. The van der Waals surface area contributed by atoms with Crippen LogP contribution in [0.2, 0.25) is 5.02 Å². The second-order valence-electron chi connectivity index (χ2n) is 4.41. The Morgan fingerprint density at radius 1 is 1.35 bits per heavy atom. The summed E-state index contributed by atoms with van der Waals surface area (Å²) in [5.74, 6) is 0.952. The summed E-state index contributed by atoms with van der Waals surface area (Å²) in [6.07, 6.45) is 1.94. The molecule has 0 saturated heterocycles. The number of nitrogens with one attached hydrogen (secondary N) is 1. The van der Waals surface area contributed by atoms with Gasteiger partial charge in [-0.3, -0.25) is 0 Å². The topological polar surface area (TPSA) is 54.7 Å². The monoisotopic (exact) mass is 251 g/mol. The third-order valence-electron chi connectivity index (χ3n) is 3.71. The molecule has 1 aromatic carbocycles. The third-order valence-corrected chi connectivity index (χ3v) is 4.02. The minimum absolute atomic E-state index is 0.0671. The van der Waals surface area contributed by atoms with Crippen LogP contribution < -0.4 is 5.73 Å². The highest BCUT2D eigenvalue weighted by Gasteiger charge is 2.30. The molecule has 1 aromatic heterocycles. The van der Waals surface area contributed by atoms with E-state index in [1.165, 1.54) is 0 Å². The van der Waals surface area contributed by atoms with Crippen LogP contribution in [0, 0.1) is 0 Å². The van der Waals surface area contributed by atoms with Crippen molar-refractivity contribution in [3.8, 4) is 0 Å². The van der Waals surface area contributed by atoms with E-state index in [9.17, 15) is 0 Å². The van der Waals surface area contributed by atoms with Crippen LogP contribution in [0.1, 0.15) is 32.5 Å². The number of hydrogen-bond donors (Lipinski definition) is 2. The largest absolute Gasteiger partial charge is 0.341 e. The highest BCUT2D eigenvalue weighted by atomic mass is 35.5. The quantitative estimate of drug-likeness (QED) is 0.877. The normalized spacial score (nSPS) is 12.2. The molecule has 0 spiro atoms. The Morgan fingerprint density at radius 2 is 2.06 bits per heavy atom. The third kappa shape index (κ3) is 1.94. The number of H-pyrrole nitrogens is 1. The van der Waals surface area contributed by atoms with Gasteiger partial charge in [0.15, 0.2) is 0 Å². The molecule has 3 nitrogen and oxygen atoms in total. The molecular formula is C13H18ClN3. The van der Waals surface area contributed by atoms with Crippen LogP contribution >= 0.6 is 11.6 Å². The molecule has 1 heterocycles. The van der Waals surface area contributed by atoms with Crippen LogP contribution in [-0.4, -0.2) is 16.5 Å². The van der Waals surface area contributed by atoms with E-state index < -0.39 is 0 Å². The average Bonchev–Trinajstić information content (AvgIpc) is 2.78. The highest BCUT2D eigenvalue weighted by Crippen LogP contribution is 2.31. The van der Waals surface area contributed by atoms with Crippen LogP contribution in [0.15, 0.2) is 18.2 Å². The molecular weight excluding hydrogens is 234 g/mol. The van der Waals surface area contributed by atoms with Gasteiger partial charge in [0, 0.05) is 12.0 Å². The van der Waals surface area contributed by atoms with Crippen LogP contribution in [0.5, 0.6) is 0 Å². The molecule has 3 N–H and O–H groups in total. The standard InChI is InChI=1S/C13H18ClN3/c1-3-13(4-2,8-15)12-16-10-7-5-6-9(14)11(10)17-12/h5-7H,3-4,8,15H2,1-2H3,(H,16,17). The van der Waals surface area contributed by atoms with Gasteiger partial charge >= 0.3 is 0 Å². The summed E-state index contributed by atoms with van der Waals surface area (Å²) in [6.45, 7) is 4.88. The van der Waals surface area contributed by atoms with Crippen molar-refractivity contribution in [2.75, 3.05) is 6.54 Å². The SMILES string of the molecule is CCC(CC)(CN)c1nc2c(Cl)cccc2[nH]1. The van der Waals surface area contributed by atoms with E-state index in [0.717, 1.165) is 29.7 Å². The highest BCUT2D eigenvalue weighted by molar-refractivity contribution is 6.34. The van der Waals surface area contributed by atoms with Crippen molar-refractivity contribution in [3.05, 3.63) is 29.0 Å². The lowest BCUT2D eigenvalue weighted by Gasteiger charge is -2.27. The maximum Gasteiger partial charge on any atom is 0.114 e. The first kappa shape index (κ1) is 12.4. The maximum atomic E-state index is 6.14. The Labute approximate surface area is 106 Å². The van der Waals surface area contributed by atoms with Gasteiger partial charge in [0.1, 0.15) is 11.3 Å². The average molecular weight is 252 g/mol. The number of rotatable bonds is 4. The zero-order chi connectivity index (χ0) is 12.5. The van der Waals surface area contributed by atoms with Gasteiger partial charge in [-0.2, -0.15) is 0 Å². The van der Waals surface area contributed by atoms with Crippen molar-refractivity contribution in [1.82, 2.24) is 9.97 Å². The molecule has 92 valence electrons. The van der Waals surface area contributed by atoms with Crippen molar-refractivity contribution in [3.63, 3.8) is 0 Å². The lowest BCUT2D eigenvalue weighted by Crippen LogP contribution is -2.35. The number of nitrogens with two attached hydrogens (primary N) is 1. The second kappa shape index (κ2) is 4.67. The molecule has 4 heteroatoms. The number of aromatic amines is 1. The van der Waals surface area contributed by atoms with E-state index >= 15 is 0 Å². The van der Waals surface area contributed by atoms with Gasteiger partial charge in [0.25, 0.3) is 0 Å². The number of imidazole rings is 1. The fourth-order valence-corrected chi connectivity index (χ4v) is 2.44. The predicted octanol–water partition coefficient (Wildman–Crippen LogP) is 3.23. The van der Waals surface area contributed by atoms with E-state index in [2.05, 4.69) is 23.8 Å². The minimum Gasteiger partial charge on any atom is -0.341 e. The fraction of sp³-hybridized carbons (Fsp3) is 0.462. The summed E-state index contributed by atoms with van der Waals surface area (Å²) in [4.78, 5) is 7.98. The van der Waals surface area contributed by atoms with Gasteiger partial charge < -0.3 is 10.7 Å². The van der Waals surface area contributed by atoms with Crippen molar-refractivity contribution in [2.45, 2.75) is 32.1 Å². The second-order valence-corrected chi connectivity index (χ2v) is 4.82. The Morgan fingerprint density at radius 3 is 2.59 bits per heavy atom. The van der Waals surface area contributed by atoms with E-state index in [4.69, 9.17) is 17.3 Å². The predicted molar refractivity (Wildman–Crippen MR) is 72.4 cm³/mol.